The van der Waals surface area contributed by atoms with Crippen LogP contribution in [0.5, 0.6) is 0 Å². The Balaban J connectivity index is 0.00000154. The molecular weight excluding hydrogens is 260 g/mol. The second-order valence-electron chi connectivity index (χ2n) is 3.32. The highest BCUT2D eigenvalue weighted by Gasteiger charge is 2.03. The average molecular weight is 280 g/mol. The molecule has 0 bridgehead atoms. The van der Waals surface area contributed by atoms with Crippen LogP contribution in [-0.4, -0.2) is 24.2 Å². The van der Waals surface area contributed by atoms with Crippen LogP contribution < -0.4 is 11.5 Å². The van der Waals surface area contributed by atoms with E-state index in [4.69, 9.17) is 11.5 Å². The molecule has 0 atom stereocenters. The number of hydrogen-bond donors (Lipinski definition) is 2. The van der Waals surface area contributed by atoms with Crippen molar-refractivity contribution in [2.45, 2.75) is 25.7 Å². The molecule has 0 aliphatic carbocycles. The van der Waals surface area contributed by atoms with Gasteiger partial charge >= 0.3 is 0 Å². The summed E-state index contributed by atoms with van der Waals surface area (Å²) in [6, 6.07) is 5.49. The van der Waals surface area contributed by atoms with Gasteiger partial charge in [-0.2, -0.15) is 5.10 Å². The molecule has 1 aromatic rings. The highest BCUT2D eigenvalue weighted by Crippen LogP contribution is 2.18. The molecule has 0 aliphatic heterocycles. The fraction of sp³-hybridized carbons (Fsp3) is 0.308. The molecule has 19 heavy (non-hydrogen) atoms. The van der Waals surface area contributed by atoms with E-state index in [1.165, 1.54) is 13.1 Å². The zero-order valence-electron chi connectivity index (χ0n) is 11.7. The van der Waals surface area contributed by atoms with E-state index in [9.17, 15) is 4.79 Å². The number of ketones is 1. The van der Waals surface area contributed by atoms with Crippen LogP contribution in [0.1, 0.15) is 36.7 Å². The molecule has 0 saturated heterocycles. The Morgan fingerprint density at radius 1 is 1.26 bits per heavy atom. The fourth-order valence-electron chi connectivity index (χ4n) is 1.18. The Hall–Kier alpha value is -1.82. The molecule has 0 fully saturated rings. The van der Waals surface area contributed by atoms with E-state index in [2.05, 4.69) is 10.2 Å². The predicted molar refractivity (Wildman–Crippen MR) is 83.0 cm³/mol. The lowest BCUT2D eigenvalue weighted by molar-refractivity contribution is 0.101. The van der Waals surface area contributed by atoms with E-state index in [-0.39, 0.29) is 11.7 Å². The van der Waals surface area contributed by atoms with Gasteiger partial charge in [0, 0.05) is 10.5 Å². The fourth-order valence-corrected chi connectivity index (χ4v) is 1.68. The lowest BCUT2D eigenvalue weighted by Gasteiger charge is -2.02. The Bertz CT molecular complexity index is 480. The number of nitrogens with two attached hydrogens (primary N) is 2. The standard InChI is InChI=1S/C11H14N4OS.C2H6/c1-7(16)9-3-8(4-10(5-9)17-2)6-14-15-11(12)13;1-2/h3-6H,1-2H3,(H4,12,13,15);1-2H3/b14-6-;. The molecule has 0 radical (unpaired) electrons. The topological polar surface area (TPSA) is 93.8 Å². The summed E-state index contributed by atoms with van der Waals surface area (Å²) in [6.45, 7) is 5.52. The zero-order valence-corrected chi connectivity index (χ0v) is 12.5. The zero-order chi connectivity index (χ0) is 14.8. The van der Waals surface area contributed by atoms with Crippen LogP contribution in [0, 0.1) is 0 Å². The van der Waals surface area contributed by atoms with Crippen LogP contribution in [0.25, 0.3) is 0 Å². The van der Waals surface area contributed by atoms with Crippen LogP contribution in [0.4, 0.5) is 0 Å². The van der Waals surface area contributed by atoms with E-state index in [1.54, 1.807) is 17.8 Å². The van der Waals surface area contributed by atoms with Gasteiger partial charge in [0.25, 0.3) is 0 Å². The Morgan fingerprint density at radius 3 is 2.37 bits per heavy atom. The Morgan fingerprint density at radius 2 is 1.89 bits per heavy atom. The van der Waals surface area contributed by atoms with Gasteiger partial charge in [0.1, 0.15) is 0 Å². The first-order valence-electron chi connectivity index (χ1n) is 5.85. The minimum Gasteiger partial charge on any atom is -0.369 e. The van der Waals surface area contributed by atoms with E-state index in [0.717, 1.165) is 10.5 Å². The molecule has 1 rings (SSSR count). The first-order chi connectivity index (χ1) is 9.02. The summed E-state index contributed by atoms with van der Waals surface area (Å²) in [5, 5.41) is 7.21. The lowest BCUT2D eigenvalue weighted by Crippen LogP contribution is -2.21. The third-order valence-corrected chi connectivity index (χ3v) is 2.66. The van der Waals surface area contributed by atoms with Crippen LogP contribution in [-0.2, 0) is 0 Å². The lowest BCUT2D eigenvalue weighted by atomic mass is 10.1. The van der Waals surface area contributed by atoms with Gasteiger partial charge in [0.15, 0.2) is 5.78 Å². The first kappa shape index (κ1) is 17.2. The highest BCUT2D eigenvalue weighted by molar-refractivity contribution is 7.98. The van der Waals surface area contributed by atoms with Crippen molar-refractivity contribution >= 4 is 29.7 Å². The van der Waals surface area contributed by atoms with E-state index >= 15 is 0 Å². The Kier molecular flexibility index (Phi) is 8.28. The van der Waals surface area contributed by atoms with Gasteiger partial charge in [-0.1, -0.05) is 13.8 Å². The molecule has 0 aliphatic rings. The number of guanidine groups is 1. The first-order valence-corrected chi connectivity index (χ1v) is 7.07. The number of hydrogen-bond acceptors (Lipinski definition) is 4. The third-order valence-electron chi connectivity index (χ3n) is 1.95. The summed E-state index contributed by atoms with van der Waals surface area (Å²) in [5.74, 6) is -0.0912. The Labute approximate surface area is 118 Å². The number of Topliss-reactive ketones (excluding diaryl/α,β-unsaturated/α-hetero) is 1. The van der Waals surface area contributed by atoms with E-state index < -0.39 is 0 Å². The summed E-state index contributed by atoms with van der Waals surface area (Å²) in [5.41, 5.74) is 11.7. The summed E-state index contributed by atoms with van der Waals surface area (Å²) < 4.78 is 0. The second kappa shape index (κ2) is 9.16. The van der Waals surface area contributed by atoms with Crippen LogP contribution >= 0.6 is 11.8 Å². The quantitative estimate of drug-likeness (QED) is 0.291. The minimum absolute atomic E-state index is 0.0115. The average Bonchev–Trinajstić information content (AvgIpc) is 2.40. The molecule has 0 saturated carbocycles. The highest BCUT2D eigenvalue weighted by atomic mass is 32.2. The largest absolute Gasteiger partial charge is 0.369 e. The maximum atomic E-state index is 11.3. The van der Waals surface area contributed by atoms with Crippen molar-refractivity contribution in [3.63, 3.8) is 0 Å². The number of rotatable bonds is 4. The third kappa shape index (κ3) is 6.61. The number of benzene rings is 1. The number of carbonyl (C=O) groups is 1. The number of nitrogens with zero attached hydrogens (tertiary/aromatic N) is 2. The molecule has 4 N–H and O–H groups in total. The molecule has 0 spiro atoms. The monoisotopic (exact) mass is 280 g/mol. The smallest absolute Gasteiger partial charge is 0.211 e. The molecule has 6 heteroatoms. The van der Waals surface area contributed by atoms with Crippen molar-refractivity contribution in [1.82, 2.24) is 0 Å². The van der Waals surface area contributed by atoms with Gasteiger partial charge < -0.3 is 11.5 Å². The molecule has 0 amide bonds. The molecule has 0 unspecified atom stereocenters. The van der Waals surface area contributed by atoms with Crippen LogP contribution in [0.3, 0.4) is 0 Å². The summed E-state index contributed by atoms with van der Waals surface area (Å²) in [7, 11) is 0. The van der Waals surface area contributed by atoms with Crippen LogP contribution in [0.15, 0.2) is 33.3 Å². The number of carbonyl (C=O) groups excluding carboxylic acids is 1. The SMILES string of the molecule is CC.CSc1cc(/C=N\N=C(N)N)cc(C(C)=O)c1. The van der Waals surface area contributed by atoms with Crippen molar-refractivity contribution in [3.05, 3.63) is 29.3 Å². The minimum atomic E-state index is -0.103. The van der Waals surface area contributed by atoms with Crippen molar-refractivity contribution < 1.29 is 4.79 Å². The maximum absolute atomic E-state index is 11.3. The van der Waals surface area contributed by atoms with E-state index in [0.29, 0.717) is 5.56 Å². The van der Waals surface area contributed by atoms with Gasteiger partial charge in [-0.3, -0.25) is 4.79 Å². The summed E-state index contributed by atoms with van der Waals surface area (Å²) in [6.07, 6.45) is 3.45. The predicted octanol–water partition coefficient (Wildman–Crippen LogP) is 2.24. The van der Waals surface area contributed by atoms with Gasteiger partial charge in [0.05, 0.1) is 6.21 Å². The molecule has 0 aromatic heterocycles. The second-order valence-corrected chi connectivity index (χ2v) is 4.20. The summed E-state index contributed by atoms with van der Waals surface area (Å²) >= 11 is 1.56. The molecule has 1 aromatic carbocycles. The normalized spacial score (nSPS) is 9.68. The van der Waals surface area contributed by atoms with Crippen molar-refractivity contribution in [3.8, 4) is 0 Å². The van der Waals surface area contributed by atoms with Crippen molar-refractivity contribution in [2.75, 3.05) is 6.26 Å². The van der Waals surface area contributed by atoms with E-state index in [1.807, 2.05) is 32.2 Å². The molecule has 104 valence electrons. The molecule has 5 nitrogen and oxygen atoms in total. The van der Waals surface area contributed by atoms with Gasteiger partial charge in [0.2, 0.25) is 5.96 Å². The maximum Gasteiger partial charge on any atom is 0.211 e. The number of thioether (sulfide) groups is 1. The van der Waals surface area contributed by atoms with Gasteiger partial charge in [-0.05, 0) is 36.9 Å². The van der Waals surface area contributed by atoms with Crippen molar-refractivity contribution in [1.29, 1.82) is 0 Å². The van der Waals surface area contributed by atoms with Crippen LogP contribution in [0.2, 0.25) is 0 Å². The van der Waals surface area contributed by atoms with Gasteiger partial charge in [-0.25, -0.2) is 0 Å². The van der Waals surface area contributed by atoms with Crippen molar-refractivity contribution in [2.24, 2.45) is 21.7 Å². The van der Waals surface area contributed by atoms with Gasteiger partial charge in [-0.15, -0.1) is 16.9 Å². The molecule has 0 heterocycles. The summed E-state index contributed by atoms with van der Waals surface area (Å²) in [4.78, 5) is 12.3. The molecular formula is C13H20N4OS.